The Labute approximate surface area is 77.3 Å². The molecule has 0 unspecified atom stereocenters. The summed E-state index contributed by atoms with van der Waals surface area (Å²) < 4.78 is 0. The Bertz CT molecular complexity index is 258. The third-order valence-corrected chi connectivity index (χ3v) is 2.91. The van der Waals surface area contributed by atoms with Crippen molar-refractivity contribution >= 4 is 11.9 Å². The highest BCUT2D eigenvalue weighted by Crippen LogP contribution is 2.46. The topological polar surface area (TPSA) is 49.4 Å². The first kappa shape index (κ1) is 8.53. The van der Waals surface area contributed by atoms with Crippen LogP contribution >= 0.6 is 0 Å². The molecule has 0 bridgehead atoms. The molecule has 13 heavy (non-hydrogen) atoms. The molecule has 1 saturated carbocycles. The van der Waals surface area contributed by atoms with E-state index in [4.69, 9.17) is 0 Å². The first-order valence-corrected chi connectivity index (χ1v) is 4.79. The van der Waals surface area contributed by atoms with Gasteiger partial charge in [-0.05, 0) is 19.3 Å². The Hall–Kier alpha value is -1.06. The Balaban J connectivity index is 2.08. The van der Waals surface area contributed by atoms with E-state index >= 15 is 0 Å². The van der Waals surface area contributed by atoms with E-state index < -0.39 is 0 Å². The summed E-state index contributed by atoms with van der Waals surface area (Å²) in [6, 6.07) is -0.198. The Kier molecular flexibility index (Phi) is 1.78. The molecular formula is C9H14N2O2. The second-order valence-electron chi connectivity index (χ2n) is 3.91. The van der Waals surface area contributed by atoms with Crippen LogP contribution in [-0.2, 0) is 4.79 Å². The Morgan fingerprint density at radius 2 is 2.15 bits per heavy atom. The van der Waals surface area contributed by atoms with Crippen molar-refractivity contribution in [2.75, 3.05) is 6.54 Å². The molecule has 1 aliphatic carbocycles. The number of nitrogens with zero attached hydrogens (tertiary/aromatic N) is 1. The van der Waals surface area contributed by atoms with Crippen molar-refractivity contribution in [1.82, 2.24) is 10.2 Å². The van der Waals surface area contributed by atoms with Gasteiger partial charge in [0.2, 0.25) is 5.91 Å². The van der Waals surface area contributed by atoms with E-state index in [1.54, 1.807) is 4.90 Å². The maximum Gasteiger partial charge on any atom is 0.325 e. The molecule has 1 heterocycles. The quantitative estimate of drug-likeness (QED) is 0.658. The molecule has 0 aromatic heterocycles. The highest BCUT2D eigenvalue weighted by atomic mass is 16.2. The van der Waals surface area contributed by atoms with Gasteiger partial charge >= 0.3 is 6.03 Å². The van der Waals surface area contributed by atoms with Crippen LogP contribution in [0.25, 0.3) is 0 Å². The minimum atomic E-state index is -0.198. The summed E-state index contributed by atoms with van der Waals surface area (Å²) in [5, 5.41) is 2.32. The summed E-state index contributed by atoms with van der Waals surface area (Å²) in [4.78, 5) is 24.0. The smallest absolute Gasteiger partial charge is 0.309 e. The van der Waals surface area contributed by atoms with E-state index in [-0.39, 0.29) is 24.0 Å². The van der Waals surface area contributed by atoms with E-state index in [9.17, 15) is 9.59 Å². The fourth-order valence-electron chi connectivity index (χ4n) is 2.09. The molecule has 4 heteroatoms. The van der Waals surface area contributed by atoms with Gasteiger partial charge in [0.15, 0.2) is 0 Å². The first-order valence-electron chi connectivity index (χ1n) is 4.79. The number of imide groups is 1. The van der Waals surface area contributed by atoms with Gasteiger partial charge in [0.25, 0.3) is 0 Å². The fourth-order valence-corrected chi connectivity index (χ4v) is 2.09. The average molecular weight is 182 g/mol. The molecule has 0 aromatic rings. The SMILES string of the molecule is CCCC1(N2CC(=O)NC2=O)CC1. The first-order chi connectivity index (χ1) is 6.18. The van der Waals surface area contributed by atoms with Crippen LogP contribution in [0.1, 0.15) is 32.6 Å². The lowest BCUT2D eigenvalue weighted by Gasteiger charge is -2.25. The monoisotopic (exact) mass is 182 g/mol. The van der Waals surface area contributed by atoms with Crippen molar-refractivity contribution in [3.63, 3.8) is 0 Å². The molecule has 0 atom stereocenters. The van der Waals surface area contributed by atoms with Crippen molar-refractivity contribution in [3.8, 4) is 0 Å². The number of rotatable bonds is 3. The van der Waals surface area contributed by atoms with E-state index in [1.807, 2.05) is 0 Å². The molecule has 2 rings (SSSR count). The molecule has 0 aromatic carbocycles. The number of carbonyl (C=O) groups excluding carboxylic acids is 2. The zero-order chi connectivity index (χ0) is 9.47. The van der Waals surface area contributed by atoms with E-state index in [0.717, 1.165) is 25.7 Å². The third kappa shape index (κ3) is 1.30. The zero-order valence-electron chi connectivity index (χ0n) is 7.80. The summed E-state index contributed by atoms with van der Waals surface area (Å²) in [6.45, 7) is 2.37. The van der Waals surface area contributed by atoms with Gasteiger partial charge in [-0.25, -0.2) is 4.79 Å². The van der Waals surface area contributed by atoms with Gasteiger partial charge in [-0.3, -0.25) is 10.1 Å². The number of hydrogen-bond acceptors (Lipinski definition) is 2. The van der Waals surface area contributed by atoms with Crippen molar-refractivity contribution in [2.24, 2.45) is 0 Å². The van der Waals surface area contributed by atoms with E-state index in [0.29, 0.717) is 0 Å². The lowest BCUT2D eigenvalue weighted by molar-refractivity contribution is -0.118. The van der Waals surface area contributed by atoms with E-state index in [1.165, 1.54) is 0 Å². The van der Waals surface area contributed by atoms with Crippen LogP contribution in [0.15, 0.2) is 0 Å². The van der Waals surface area contributed by atoms with Crippen LogP contribution in [0, 0.1) is 0 Å². The van der Waals surface area contributed by atoms with Gasteiger partial charge in [0.1, 0.15) is 6.54 Å². The fraction of sp³-hybridized carbons (Fsp3) is 0.778. The lowest BCUT2D eigenvalue weighted by Crippen LogP contribution is -2.39. The van der Waals surface area contributed by atoms with Crippen molar-refractivity contribution in [2.45, 2.75) is 38.1 Å². The van der Waals surface area contributed by atoms with Gasteiger partial charge in [-0.1, -0.05) is 13.3 Å². The number of nitrogens with one attached hydrogen (secondary N) is 1. The highest BCUT2D eigenvalue weighted by Gasteiger charge is 2.52. The van der Waals surface area contributed by atoms with Crippen LogP contribution in [0.4, 0.5) is 4.79 Å². The summed E-state index contributed by atoms with van der Waals surface area (Å²) in [7, 11) is 0. The number of carbonyl (C=O) groups is 2. The van der Waals surface area contributed by atoms with Crippen LogP contribution in [0.5, 0.6) is 0 Å². The average Bonchev–Trinajstić information content (AvgIpc) is 2.74. The third-order valence-electron chi connectivity index (χ3n) is 2.91. The second-order valence-corrected chi connectivity index (χ2v) is 3.91. The number of amides is 3. The molecule has 4 nitrogen and oxygen atoms in total. The molecular weight excluding hydrogens is 168 g/mol. The molecule has 1 aliphatic heterocycles. The zero-order valence-corrected chi connectivity index (χ0v) is 7.80. The normalized spacial score (nSPS) is 24.8. The molecule has 0 radical (unpaired) electrons. The van der Waals surface area contributed by atoms with E-state index in [2.05, 4.69) is 12.2 Å². The molecule has 2 fully saturated rings. The van der Waals surface area contributed by atoms with Gasteiger partial charge in [-0.15, -0.1) is 0 Å². The summed E-state index contributed by atoms with van der Waals surface area (Å²) in [5.74, 6) is -0.160. The van der Waals surface area contributed by atoms with Gasteiger partial charge in [0, 0.05) is 5.54 Å². The van der Waals surface area contributed by atoms with Crippen LogP contribution in [0.2, 0.25) is 0 Å². The number of hydrogen-bond donors (Lipinski definition) is 1. The minimum absolute atomic E-state index is 0.0327. The lowest BCUT2D eigenvalue weighted by atomic mass is 10.1. The summed E-state index contributed by atoms with van der Waals surface area (Å²) in [6.07, 6.45) is 4.20. The molecule has 72 valence electrons. The maximum atomic E-state index is 11.3. The van der Waals surface area contributed by atoms with Crippen LogP contribution in [-0.4, -0.2) is 28.9 Å². The Morgan fingerprint density at radius 3 is 2.54 bits per heavy atom. The number of urea groups is 1. The highest BCUT2D eigenvalue weighted by molar-refractivity contribution is 6.02. The predicted octanol–water partition coefficient (Wildman–Crippen LogP) is 0.871. The predicted molar refractivity (Wildman–Crippen MR) is 47.1 cm³/mol. The summed E-state index contributed by atoms with van der Waals surface area (Å²) in [5.41, 5.74) is 0.0327. The standard InChI is InChI=1S/C9H14N2O2/c1-2-3-9(4-5-9)11-6-7(12)10-8(11)13/h2-6H2,1H3,(H,10,12,13). The van der Waals surface area contributed by atoms with Gasteiger partial charge < -0.3 is 4.90 Å². The maximum absolute atomic E-state index is 11.3. The van der Waals surface area contributed by atoms with Crippen LogP contribution < -0.4 is 5.32 Å². The van der Waals surface area contributed by atoms with Crippen LogP contribution in [0.3, 0.4) is 0 Å². The van der Waals surface area contributed by atoms with Crippen molar-refractivity contribution in [1.29, 1.82) is 0 Å². The van der Waals surface area contributed by atoms with Gasteiger partial charge in [0.05, 0.1) is 0 Å². The van der Waals surface area contributed by atoms with Crippen molar-refractivity contribution < 1.29 is 9.59 Å². The Morgan fingerprint density at radius 1 is 1.46 bits per heavy atom. The molecule has 3 amide bonds. The second kappa shape index (κ2) is 2.72. The molecule has 1 N–H and O–H groups in total. The molecule has 1 saturated heterocycles. The summed E-state index contributed by atoms with van der Waals surface area (Å²) >= 11 is 0. The molecule has 0 spiro atoms. The van der Waals surface area contributed by atoms with Gasteiger partial charge in [-0.2, -0.15) is 0 Å². The van der Waals surface area contributed by atoms with Crippen molar-refractivity contribution in [3.05, 3.63) is 0 Å². The molecule has 2 aliphatic rings. The minimum Gasteiger partial charge on any atom is -0.309 e. The largest absolute Gasteiger partial charge is 0.325 e.